The van der Waals surface area contributed by atoms with Crippen LogP contribution in [-0.2, 0) is 4.74 Å². The van der Waals surface area contributed by atoms with Crippen molar-refractivity contribution in [1.82, 2.24) is 0 Å². The molecule has 0 spiro atoms. The Labute approximate surface area is 148 Å². The summed E-state index contributed by atoms with van der Waals surface area (Å²) in [5, 5.41) is 0. The lowest BCUT2D eigenvalue weighted by atomic mass is 9.91. The summed E-state index contributed by atoms with van der Waals surface area (Å²) in [5.74, 6) is -46.3. The zero-order valence-corrected chi connectivity index (χ0v) is 14.1. The molecule has 0 N–H and O–H groups in total. The third-order valence-electron chi connectivity index (χ3n) is 3.17. The number of hydrogen-bond acceptors (Lipinski definition) is 1. The van der Waals surface area contributed by atoms with Gasteiger partial charge in [0.05, 0.1) is 0 Å². The minimum absolute atomic E-state index is 0.120. The number of ether oxygens (including phenoxy) is 1. The molecule has 0 amide bonds. The van der Waals surface area contributed by atoms with Gasteiger partial charge in [-0.3, -0.25) is 0 Å². The van der Waals surface area contributed by atoms with Crippen LogP contribution in [0, 0.1) is 0 Å². The van der Waals surface area contributed by atoms with E-state index >= 15 is 0 Å². The molecule has 0 fully saturated rings. The third kappa shape index (κ3) is 4.12. The Hall–Kier alpha value is -0.660. The summed E-state index contributed by atoms with van der Waals surface area (Å²) in [6.07, 6.45) is -7.63. The van der Waals surface area contributed by atoms with E-state index in [0.717, 1.165) is 0 Å². The van der Waals surface area contributed by atoms with Gasteiger partial charge in [0.15, 0.2) is 0 Å². The van der Waals surface area contributed by atoms with E-state index < -0.39 is 54.9 Å². The first-order valence-corrected chi connectivity index (χ1v) is 7.49. The Balaban J connectivity index is 6.10. The Morgan fingerprint density at radius 2 is 0.893 bits per heavy atom. The summed E-state index contributed by atoms with van der Waals surface area (Å²) in [6, 6.07) is 0. The van der Waals surface area contributed by atoms with Crippen molar-refractivity contribution in [2.45, 2.75) is 48.1 Å². The van der Waals surface area contributed by atoms with Gasteiger partial charge in [-0.25, -0.2) is 0 Å². The predicted octanol–water partition coefficient (Wildman–Crippen LogP) is 5.64. The predicted molar refractivity (Wildman–Crippen MR) is 65.8 cm³/mol. The molecule has 17 heteroatoms. The van der Waals surface area contributed by atoms with Crippen LogP contribution in [0.1, 0.15) is 6.42 Å². The fourth-order valence-corrected chi connectivity index (χ4v) is 1.64. The Morgan fingerprint density at radius 3 is 1.25 bits per heavy atom. The van der Waals surface area contributed by atoms with Gasteiger partial charge in [0, 0.05) is 6.61 Å². The zero-order valence-electron chi connectivity index (χ0n) is 13.0. The van der Waals surface area contributed by atoms with Crippen molar-refractivity contribution in [2.75, 3.05) is 19.4 Å². The van der Waals surface area contributed by atoms with Crippen molar-refractivity contribution >= 4 is 9.24 Å². The van der Waals surface area contributed by atoms with E-state index in [1.165, 1.54) is 0 Å². The average molecular weight is 474 g/mol. The molecule has 0 radical (unpaired) electrons. The second-order valence-corrected chi connectivity index (χ2v) is 5.85. The molecule has 170 valence electrons. The molecule has 0 saturated heterocycles. The Kier molecular flexibility index (Phi) is 7.69. The highest BCUT2D eigenvalue weighted by molar-refractivity contribution is 7.16. The van der Waals surface area contributed by atoms with Crippen LogP contribution < -0.4 is 0 Å². The summed E-state index contributed by atoms with van der Waals surface area (Å²) in [4.78, 5) is 0. The van der Waals surface area contributed by atoms with Crippen molar-refractivity contribution in [3.8, 4) is 0 Å². The van der Waals surface area contributed by atoms with Crippen LogP contribution in [0.3, 0.4) is 0 Å². The largest absolute Gasteiger partial charge is 0.460 e. The number of hydrogen-bond donors (Lipinski definition) is 0. The molecule has 0 aromatic rings. The second-order valence-electron chi connectivity index (χ2n) is 5.27. The SMILES string of the molecule is FC(F)(F)C(F)(F)C(F)(F)C(F)(F)C(F)(F)C(F)(F)C(F)(F)COCCCP. The molecule has 28 heavy (non-hydrogen) atoms. The van der Waals surface area contributed by atoms with Crippen LogP contribution in [0.15, 0.2) is 0 Å². The lowest BCUT2D eigenvalue weighted by Crippen LogP contribution is -2.73. The van der Waals surface area contributed by atoms with E-state index in [4.69, 9.17) is 0 Å². The lowest BCUT2D eigenvalue weighted by molar-refractivity contribution is -0.453. The van der Waals surface area contributed by atoms with Gasteiger partial charge in [-0.2, -0.15) is 65.9 Å². The summed E-state index contributed by atoms with van der Waals surface area (Å²) in [7, 11) is 1.99. The summed E-state index contributed by atoms with van der Waals surface area (Å²) < 4.78 is 196. The van der Waals surface area contributed by atoms with Gasteiger partial charge >= 0.3 is 41.7 Å². The average Bonchev–Trinajstić information content (AvgIpc) is 2.49. The van der Waals surface area contributed by atoms with E-state index in [0.29, 0.717) is 0 Å². The van der Waals surface area contributed by atoms with Crippen molar-refractivity contribution in [3.05, 3.63) is 0 Å². The minimum atomic E-state index is -8.26. The van der Waals surface area contributed by atoms with Gasteiger partial charge < -0.3 is 4.74 Å². The summed E-state index contributed by atoms with van der Waals surface area (Å²) in [6.45, 7) is -3.54. The molecule has 0 rings (SSSR count). The first kappa shape index (κ1) is 27.3. The molecule has 1 unspecified atom stereocenters. The quantitative estimate of drug-likeness (QED) is 0.226. The number of alkyl halides is 15. The van der Waals surface area contributed by atoms with Gasteiger partial charge in [-0.05, 0) is 12.6 Å². The highest BCUT2D eigenvalue weighted by Crippen LogP contribution is 2.62. The molecule has 0 aliphatic heterocycles. The fraction of sp³-hybridized carbons (Fsp3) is 1.00. The van der Waals surface area contributed by atoms with Crippen LogP contribution in [0.4, 0.5) is 65.9 Å². The Morgan fingerprint density at radius 1 is 0.536 bits per heavy atom. The maximum atomic E-state index is 13.3. The van der Waals surface area contributed by atoms with Gasteiger partial charge in [-0.15, -0.1) is 9.24 Å². The molecular formula is C11H10F15OP. The molecule has 0 aromatic heterocycles. The number of rotatable bonds is 10. The maximum Gasteiger partial charge on any atom is 0.460 e. The van der Waals surface area contributed by atoms with Gasteiger partial charge in [-0.1, -0.05) is 0 Å². The molecule has 0 bridgehead atoms. The van der Waals surface area contributed by atoms with E-state index in [1.807, 2.05) is 9.24 Å². The van der Waals surface area contributed by atoms with Gasteiger partial charge in [0.2, 0.25) is 0 Å². The summed E-state index contributed by atoms with van der Waals surface area (Å²) in [5.41, 5.74) is 0. The smallest absolute Gasteiger partial charge is 0.375 e. The monoisotopic (exact) mass is 474 g/mol. The van der Waals surface area contributed by atoms with Crippen molar-refractivity contribution in [2.24, 2.45) is 0 Å². The summed E-state index contributed by atoms with van der Waals surface area (Å²) >= 11 is 0. The second kappa shape index (κ2) is 7.88. The topological polar surface area (TPSA) is 9.23 Å². The zero-order chi connectivity index (χ0) is 23.0. The maximum absolute atomic E-state index is 13.3. The fourth-order valence-electron chi connectivity index (χ4n) is 1.48. The van der Waals surface area contributed by atoms with E-state index in [9.17, 15) is 65.9 Å². The first-order valence-electron chi connectivity index (χ1n) is 6.67. The standard InChI is InChI=1S/C11H10F15OP/c12-5(13,4-27-2-1-3-28)6(14,15)7(16,17)8(18,19)9(20,21)10(22,23)11(24,25)26/h1-4,28H2. The van der Waals surface area contributed by atoms with E-state index in [1.54, 1.807) is 0 Å². The van der Waals surface area contributed by atoms with Crippen LogP contribution in [0.5, 0.6) is 0 Å². The Bertz CT molecular complexity index is 527. The van der Waals surface area contributed by atoms with Crippen LogP contribution in [0.25, 0.3) is 0 Å². The normalized spacial score (nSPS) is 15.9. The van der Waals surface area contributed by atoms with E-state index in [2.05, 4.69) is 4.74 Å². The molecule has 0 aliphatic rings. The molecule has 0 heterocycles. The molecule has 1 atom stereocenters. The van der Waals surface area contributed by atoms with Crippen LogP contribution in [-0.4, -0.2) is 61.1 Å². The minimum Gasteiger partial charge on any atom is -0.375 e. The number of halogens is 15. The van der Waals surface area contributed by atoms with Crippen LogP contribution in [0.2, 0.25) is 0 Å². The third-order valence-corrected chi connectivity index (χ3v) is 3.58. The van der Waals surface area contributed by atoms with Crippen LogP contribution >= 0.6 is 9.24 Å². The molecular weight excluding hydrogens is 464 g/mol. The molecule has 0 aromatic carbocycles. The van der Waals surface area contributed by atoms with Gasteiger partial charge in [0.1, 0.15) is 6.61 Å². The molecule has 0 saturated carbocycles. The van der Waals surface area contributed by atoms with Gasteiger partial charge in [0.25, 0.3) is 0 Å². The van der Waals surface area contributed by atoms with Crippen molar-refractivity contribution < 1.29 is 70.6 Å². The molecule has 0 aliphatic carbocycles. The first-order chi connectivity index (χ1) is 12.1. The molecule has 1 nitrogen and oxygen atoms in total. The highest BCUT2D eigenvalue weighted by atomic mass is 31.0. The van der Waals surface area contributed by atoms with Crippen molar-refractivity contribution in [1.29, 1.82) is 0 Å². The van der Waals surface area contributed by atoms with E-state index in [-0.39, 0.29) is 12.6 Å². The lowest BCUT2D eigenvalue weighted by Gasteiger charge is -2.41. The highest BCUT2D eigenvalue weighted by Gasteiger charge is 2.93. The van der Waals surface area contributed by atoms with Crippen molar-refractivity contribution in [3.63, 3.8) is 0 Å².